The number of ether oxygens (including phenoxy) is 1. The first-order chi connectivity index (χ1) is 14.0. The minimum Gasteiger partial charge on any atom is -0.417 e. The van der Waals surface area contributed by atoms with E-state index in [0.29, 0.717) is 22.3 Å². The van der Waals surface area contributed by atoms with E-state index in [9.17, 15) is 4.21 Å². The normalized spacial score (nSPS) is 18.9. The van der Waals surface area contributed by atoms with Crippen molar-refractivity contribution < 1.29 is 8.95 Å². The molecule has 0 amide bonds. The van der Waals surface area contributed by atoms with Crippen LogP contribution in [-0.4, -0.2) is 34.1 Å². The van der Waals surface area contributed by atoms with E-state index < -0.39 is 10.8 Å². The summed E-state index contributed by atoms with van der Waals surface area (Å²) < 4.78 is 18.2. The van der Waals surface area contributed by atoms with Crippen molar-refractivity contribution in [2.75, 3.05) is 5.75 Å². The molecule has 29 heavy (non-hydrogen) atoms. The van der Waals surface area contributed by atoms with E-state index in [2.05, 4.69) is 33.3 Å². The van der Waals surface area contributed by atoms with Crippen molar-refractivity contribution in [3.05, 3.63) is 65.2 Å². The van der Waals surface area contributed by atoms with E-state index >= 15 is 0 Å². The number of nitrogens with one attached hydrogen (secondary N) is 2. The van der Waals surface area contributed by atoms with Crippen molar-refractivity contribution in [1.29, 1.82) is 5.41 Å². The second-order valence-corrected chi connectivity index (χ2v) is 7.99. The van der Waals surface area contributed by atoms with Crippen LogP contribution in [0.3, 0.4) is 0 Å². The lowest BCUT2D eigenvalue weighted by Crippen LogP contribution is -2.12. The molecule has 0 saturated carbocycles. The van der Waals surface area contributed by atoms with E-state index in [0.717, 1.165) is 24.0 Å². The molecule has 3 rings (SSSR count). The lowest BCUT2D eigenvalue weighted by atomic mass is 10.1. The number of hydrazone groups is 1. The van der Waals surface area contributed by atoms with E-state index in [1.165, 1.54) is 0 Å². The van der Waals surface area contributed by atoms with E-state index in [-0.39, 0.29) is 17.4 Å². The molecule has 1 unspecified atom stereocenters. The van der Waals surface area contributed by atoms with Gasteiger partial charge < -0.3 is 4.74 Å². The summed E-state index contributed by atoms with van der Waals surface area (Å²) in [5.74, 6) is 0.995. The zero-order valence-electron chi connectivity index (χ0n) is 16.4. The van der Waals surface area contributed by atoms with Crippen LogP contribution in [-0.2, 0) is 15.5 Å². The third-order valence-corrected chi connectivity index (χ3v) is 5.73. The summed E-state index contributed by atoms with van der Waals surface area (Å²) in [5, 5.41) is 12.4. The molecular weight excluding hydrogens is 386 g/mol. The van der Waals surface area contributed by atoms with E-state index in [1.54, 1.807) is 6.92 Å². The third kappa shape index (κ3) is 4.65. The minimum absolute atomic E-state index is 0.148. The highest BCUT2D eigenvalue weighted by Crippen LogP contribution is 2.22. The fraction of sp³-hybridized carbons (Fsp3) is 0.238. The Labute approximate surface area is 172 Å². The van der Waals surface area contributed by atoms with Crippen LogP contribution >= 0.6 is 0 Å². The highest BCUT2D eigenvalue weighted by Gasteiger charge is 2.23. The van der Waals surface area contributed by atoms with Gasteiger partial charge in [-0.15, -0.1) is 5.10 Å². The molecule has 1 aromatic rings. The summed E-state index contributed by atoms with van der Waals surface area (Å²) in [4.78, 5) is 8.96. The van der Waals surface area contributed by atoms with Gasteiger partial charge in [0.2, 0.25) is 11.8 Å². The van der Waals surface area contributed by atoms with Gasteiger partial charge in [0, 0.05) is 27.5 Å². The number of aliphatic imine (C=N–C) groups is 2. The number of hydrogen-bond donors (Lipinski definition) is 2. The van der Waals surface area contributed by atoms with Gasteiger partial charge >= 0.3 is 0 Å². The van der Waals surface area contributed by atoms with Gasteiger partial charge in [0.25, 0.3) is 0 Å². The maximum absolute atomic E-state index is 12.4. The predicted molar refractivity (Wildman–Crippen MR) is 118 cm³/mol. The Morgan fingerprint density at radius 1 is 1.38 bits per heavy atom. The smallest absolute Gasteiger partial charge is 0.245 e. The van der Waals surface area contributed by atoms with Crippen LogP contribution in [0.1, 0.15) is 32.3 Å². The summed E-state index contributed by atoms with van der Waals surface area (Å²) in [6, 6.07) is 7.39. The Hall–Kier alpha value is -3.13. The fourth-order valence-corrected chi connectivity index (χ4v) is 3.88. The number of rotatable bonds is 6. The monoisotopic (exact) mass is 409 g/mol. The van der Waals surface area contributed by atoms with Gasteiger partial charge in [-0.25, -0.2) is 15.4 Å². The van der Waals surface area contributed by atoms with Crippen LogP contribution in [0.2, 0.25) is 0 Å². The summed E-state index contributed by atoms with van der Waals surface area (Å²) >= 11 is 0. The molecular formula is C21H23N5O2S. The summed E-state index contributed by atoms with van der Waals surface area (Å²) in [6.45, 7) is 7.10. The van der Waals surface area contributed by atoms with Gasteiger partial charge in [0.1, 0.15) is 0 Å². The summed E-state index contributed by atoms with van der Waals surface area (Å²) in [6.07, 6.45) is 7.97. The lowest BCUT2D eigenvalue weighted by molar-refractivity contribution is 0.411. The Morgan fingerprint density at radius 2 is 2.17 bits per heavy atom. The molecule has 0 radical (unpaired) electrons. The maximum atomic E-state index is 12.4. The summed E-state index contributed by atoms with van der Waals surface area (Å²) in [7, 11) is -1.13. The van der Waals surface area contributed by atoms with Crippen molar-refractivity contribution in [1.82, 2.24) is 5.43 Å². The molecule has 0 fully saturated rings. The van der Waals surface area contributed by atoms with Crippen LogP contribution in [0, 0.1) is 5.41 Å². The number of hydrogen-bond acceptors (Lipinski definition) is 6. The number of amidine groups is 1. The number of nitrogens with zero attached hydrogens (tertiary/aromatic N) is 3. The third-order valence-electron chi connectivity index (χ3n) is 4.36. The number of benzene rings is 1. The average molecular weight is 410 g/mol. The van der Waals surface area contributed by atoms with Crippen LogP contribution < -0.4 is 5.43 Å². The molecule has 8 heteroatoms. The standard InChI is InChI=1S/C21H23N5O2S/c1-4-29(27)17-13-9-8-12-16(17)14(2)24-18(19(22)23-3)21-26-25-20(28-21)15-10-6-5-7-11-15/h6,8-13,22,26H,3-5,7H2,1-2H3. The van der Waals surface area contributed by atoms with Gasteiger partial charge in [-0.2, -0.15) is 0 Å². The summed E-state index contributed by atoms with van der Waals surface area (Å²) in [5.41, 5.74) is 5.19. The largest absolute Gasteiger partial charge is 0.417 e. The Balaban J connectivity index is 1.97. The molecule has 0 saturated heterocycles. The van der Waals surface area contributed by atoms with E-state index in [4.69, 9.17) is 10.1 Å². The SMILES string of the molecule is C=NC(=N)C(N=C(C)c1ccccc1S(=O)CC)=C1NN=C(C2=CCCC=C2)O1. The molecule has 1 aromatic carbocycles. The first kappa shape index (κ1) is 20.6. The molecule has 0 bridgehead atoms. The topological polar surface area (TPSA) is 99.3 Å². The van der Waals surface area contributed by atoms with Crippen molar-refractivity contribution >= 4 is 35.0 Å². The highest BCUT2D eigenvalue weighted by atomic mass is 32.2. The molecule has 150 valence electrons. The Morgan fingerprint density at radius 3 is 2.86 bits per heavy atom. The Kier molecular flexibility index (Phi) is 6.66. The molecule has 0 spiro atoms. The second kappa shape index (κ2) is 9.38. The number of allylic oxidation sites excluding steroid dienone is 2. The predicted octanol–water partition coefficient (Wildman–Crippen LogP) is 3.68. The first-order valence-electron chi connectivity index (χ1n) is 9.26. The van der Waals surface area contributed by atoms with Crippen LogP contribution in [0.5, 0.6) is 0 Å². The molecule has 2 aliphatic rings. The van der Waals surface area contributed by atoms with Gasteiger partial charge in [-0.1, -0.05) is 43.4 Å². The zero-order chi connectivity index (χ0) is 20.8. The van der Waals surface area contributed by atoms with Crippen molar-refractivity contribution in [3.8, 4) is 0 Å². The quantitative estimate of drug-likeness (QED) is 0.554. The average Bonchev–Trinajstić information content (AvgIpc) is 3.26. The lowest BCUT2D eigenvalue weighted by Gasteiger charge is -2.10. The molecule has 1 aliphatic carbocycles. The molecule has 7 nitrogen and oxygen atoms in total. The highest BCUT2D eigenvalue weighted by molar-refractivity contribution is 7.85. The van der Waals surface area contributed by atoms with E-state index in [1.807, 2.05) is 43.3 Å². The van der Waals surface area contributed by atoms with Gasteiger partial charge in [0.15, 0.2) is 11.5 Å². The molecule has 0 aromatic heterocycles. The van der Waals surface area contributed by atoms with Crippen LogP contribution in [0.15, 0.2) is 79.6 Å². The van der Waals surface area contributed by atoms with Crippen molar-refractivity contribution in [2.45, 2.75) is 31.6 Å². The Bertz CT molecular complexity index is 1020. The van der Waals surface area contributed by atoms with Crippen molar-refractivity contribution in [3.63, 3.8) is 0 Å². The van der Waals surface area contributed by atoms with Crippen molar-refractivity contribution in [2.24, 2.45) is 15.1 Å². The van der Waals surface area contributed by atoms with Gasteiger partial charge in [0.05, 0.1) is 10.8 Å². The van der Waals surface area contributed by atoms with Gasteiger partial charge in [-0.05, 0) is 32.5 Å². The minimum atomic E-state index is -1.13. The zero-order valence-corrected chi connectivity index (χ0v) is 17.3. The first-order valence-corrected chi connectivity index (χ1v) is 10.6. The van der Waals surface area contributed by atoms with Crippen LogP contribution in [0.25, 0.3) is 0 Å². The molecule has 2 N–H and O–H groups in total. The molecule has 1 aliphatic heterocycles. The second-order valence-electron chi connectivity index (χ2n) is 6.28. The van der Waals surface area contributed by atoms with Gasteiger partial charge in [-0.3, -0.25) is 9.62 Å². The fourth-order valence-electron chi connectivity index (χ4n) is 2.87. The molecule has 1 heterocycles. The van der Waals surface area contributed by atoms with Crippen LogP contribution in [0.4, 0.5) is 0 Å². The molecule has 1 atom stereocenters. The maximum Gasteiger partial charge on any atom is 0.245 e.